The highest BCUT2D eigenvalue weighted by Crippen LogP contribution is 2.29. The number of aromatic nitrogens is 6. The van der Waals surface area contributed by atoms with Crippen molar-refractivity contribution in [2.24, 2.45) is 0 Å². The van der Waals surface area contributed by atoms with Gasteiger partial charge < -0.3 is 4.52 Å². The Morgan fingerprint density at radius 2 is 1.97 bits per heavy atom. The fraction of sp³-hybridized carbons (Fsp3) is 0.286. The molecule has 0 N–H and O–H groups in total. The molecule has 3 heterocycles. The van der Waals surface area contributed by atoms with E-state index in [2.05, 4.69) is 61.9 Å². The van der Waals surface area contributed by atoms with Crippen molar-refractivity contribution in [2.45, 2.75) is 44.0 Å². The number of rotatable bonds is 8. The molecule has 0 bridgehead atoms. The van der Waals surface area contributed by atoms with E-state index in [1.54, 1.807) is 12.4 Å². The molecule has 0 spiro atoms. The highest BCUT2D eigenvalue weighted by atomic mass is 32.2. The number of nitrogens with zero attached hydrogens (tertiary/aromatic N) is 6. The summed E-state index contributed by atoms with van der Waals surface area (Å²) in [5.74, 6) is 2.68. The van der Waals surface area contributed by atoms with E-state index in [0.717, 1.165) is 47.3 Å². The van der Waals surface area contributed by atoms with Crippen LogP contribution in [-0.4, -0.2) is 29.9 Å². The molecule has 4 rings (SSSR count). The molecule has 0 saturated heterocycles. The van der Waals surface area contributed by atoms with Crippen LogP contribution in [0.15, 0.2) is 58.5 Å². The van der Waals surface area contributed by atoms with Gasteiger partial charge in [0.25, 0.3) is 0 Å². The predicted molar refractivity (Wildman–Crippen MR) is 112 cm³/mol. The summed E-state index contributed by atoms with van der Waals surface area (Å²) in [6.45, 7) is 4.22. The third-order valence-electron chi connectivity index (χ3n) is 4.42. The summed E-state index contributed by atoms with van der Waals surface area (Å²) in [6, 6.07) is 12.1. The topological polar surface area (TPSA) is 82.5 Å². The minimum atomic E-state index is 0.541. The van der Waals surface area contributed by atoms with Gasteiger partial charge in [0.1, 0.15) is 0 Å². The van der Waals surface area contributed by atoms with Gasteiger partial charge in [-0.3, -0.25) is 9.55 Å². The first kappa shape index (κ1) is 19.3. The maximum absolute atomic E-state index is 5.39. The molecule has 0 saturated carbocycles. The first-order valence-corrected chi connectivity index (χ1v) is 10.6. The lowest BCUT2D eigenvalue weighted by molar-refractivity contribution is 0.384. The zero-order valence-corrected chi connectivity index (χ0v) is 17.3. The zero-order valence-electron chi connectivity index (χ0n) is 16.4. The fourth-order valence-electron chi connectivity index (χ4n) is 2.96. The quantitative estimate of drug-likeness (QED) is 0.394. The van der Waals surface area contributed by atoms with E-state index in [0.29, 0.717) is 11.6 Å². The van der Waals surface area contributed by atoms with Crippen molar-refractivity contribution < 1.29 is 4.52 Å². The Balaban J connectivity index is 1.63. The summed E-state index contributed by atoms with van der Waals surface area (Å²) in [4.78, 5) is 8.58. The summed E-state index contributed by atoms with van der Waals surface area (Å²) in [7, 11) is 0. The number of unbranched alkanes of at least 4 members (excludes halogenated alkanes) is 1. The predicted octanol–water partition coefficient (Wildman–Crippen LogP) is 4.66. The SMILES string of the molecule is CCCCc1noc(CSc2nnc(-c3ccncc3)n2-c2cccc(C)c2)n1. The molecule has 0 amide bonds. The van der Waals surface area contributed by atoms with Crippen LogP contribution in [-0.2, 0) is 12.2 Å². The standard InChI is InChI=1S/C21H22N6OS/c1-3-4-8-18-23-19(28-26-18)14-29-21-25-24-20(16-9-11-22-12-10-16)27(21)17-7-5-6-15(2)13-17/h5-7,9-13H,3-4,8,14H2,1-2H3. The van der Waals surface area contributed by atoms with Crippen molar-refractivity contribution in [3.8, 4) is 17.1 Å². The molecule has 0 fully saturated rings. The van der Waals surface area contributed by atoms with Crippen LogP contribution < -0.4 is 0 Å². The van der Waals surface area contributed by atoms with Crippen LogP contribution in [0, 0.1) is 6.92 Å². The third kappa shape index (κ3) is 4.54. The summed E-state index contributed by atoms with van der Waals surface area (Å²) in [6.07, 6.45) is 6.52. The minimum Gasteiger partial charge on any atom is -0.338 e. The van der Waals surface area contributed by atoms with Gasteiger partial charge in [-0.1, -0.05) is 42.4 Å². The van der Waals surface area contributed by atoms with Gasteiger partial charge in [0.05, 0.1) is 5.75 Å². The van der Waals surface area contributed by atoms with Gasteiger partial charge in [-0.2, -0.15) is 4.98 Å². The lowest BCUT2D eigenvalue weighted by Crippen LogP contribution is -2.00. The Bertz CT molecular complexity index is 1080. The van der Waals surface area contributed by atoms with E-state index in [-0.39, 0.29) is 0 Å². The van der Waals surface area contributed by atoms with Crippen LogP contribution in [0.1, 0.15) is 37.0 Å². The van der Waals surface area contributed by atoms with Crippen molar-refractivity contribution >= 4 is 11.8 Å². The Kier molecular flexibility index (Phi) is 6.00. The van der Waals surface area contributed by atoms with E-state index in [1.807, 2.05) is 18.2 Å². The minimum absolute atomic E-state index is 0.541. The second kappa shape index (κ2) is 9.00. The summed E-state index contributed by atoms with van der Waals surface area (Å²) in [5.41, 5.74) is 3.14. The second-order valence-corrected chi connectivity index (χ2v) is 7.66. The molecule has 0 radical (unpaired) electrons. The Morgan fingerprint density at radius 3 is 2.76 bits per heavy atom. The van der Waals surface area contributed by atoms with Crippen molar-refractivity contribution in [1.82, 2.24) is 29.9 Å². The molecule has 4 aromatic rings. The van der Waals surface area contributed by atoms with E-state index in [4.69, 9.17) is 4.52 Å². The molecular formula is C21H22N6OS. The van der Waals surface area contributed by atoms with Crippen molar-refractivity contribution in [1.29, 1.82) is 0 Å². The normalized spacial score (nSPS) is 11.1. The molecule has 0 aliphatic heterocycles. The largest absolute Gasteiger partial charge is 0.338 e. The maximum atomic E-state index is 5.39. The van der Waals surface area contributed by atoms with Crippen molar-refractivity contribution in [3.63, 3.8) is 0 Å². The first-order valence-electron chi connectivity index (χ1n) is 9.61. The summed E-state index contributed by atoms with van der Waals surface area (Å²) >= 11 is 1.53. The molecule has 1 aromatic carbocycles. The van der Waals surface area contributed by atoms with Crippen LogP contribution in [0.4, 0.5) is 0 Å². The van der Waals surface area contributed by atoms with E-state index in [1.165, 1.54) is 17.3 Å². The van der Waals surface area contributed by atoms with Crippen LogP contribution in [0.25, 0.3) is 17.1 Å². The molecule has 0 aliphatic rings. The van der Waals surface area contributed by atoms with E-state index < -0.39 is 0 Å². The molecule has 0 aliphatic carbocycles. The number of thioether (sulfide) groups is 1. The van der Waals surface area contributed by atoms with Crippen LogP contribution in [0.3, 0.4) is 0 Å². The van der Waals surface area contributed by atoms with Crippen LogP contribution >= 0.6 is 11.8 Å². The number of pyridine rings is 1. The summed E-state index contributed by atoms with van der Waals surface area (Å²) < 4.78 is 7.45. The van der Waals surface area contributed by atoms with E-state index >= 15 is 0 Å². The lowest BCUT2D eigenvalue weighted by atomic mass is 10.2. The number of aryl methyl sites for hydroxylation is 2. The molecule has 7 nitrogen and oxygen atoms in total. The maximum Gasteiger partial charge on any atom is 0.237 e. The van der Waals surface area contributed by atoms with Gasteiger partial charge in [-0.25, -0.2) is 0 Å². The van der Waals surface area contributed by atoms with Gasteiger partial charge in [-0.15, -0.1) is 10.2 Å². The van der Waals surface area contributed by atoms with Gasteiger partial charge in [-0.05, 0) is 43.2 Å². The van der Waals surface area contributed by atoms with Gasteiger partial charge in [0.15, 0.2) is 16.8 Å². The average molecular weight is 407 g/mol. The second-order valence-electron chi connectivity index (χ2n) is 6.71. The zero-order chi connectivity index (χ0) is 20.1. The highest BCUT2D eigenvalue weighted by Gasteiger charge is 2.17. The number of benzene rings is 1. The third-order valence-corrected chi connectivity index (χ3v) is 5.33. The van der Waals surface area contributed by atoms with Crippen LogP contribution in [0.5, 0.6) is 0 Å². The highest BCUT2D eigenvalue weighted by molar-refractivity contribution is 7.98. The first-order chi connectivity index (χ1) is 14.2. The molecule has 0 atom stereocenters. The fourth-order valence-corrected chi connectivity index (χ4v) is 3.75. The van der Waals surface area contributed by atoms with Crippen molar-refractivity contribution in [2.75, 3.05) is 0 Å². The number of hydrogen-bond acceptors (Lipinski definition) is 7. The van der Waals surface area contributed by atoms with Crippen molar-refractivity contribution in [3.05, 3.63) is 66.1 Å². The molecule has 0 unspecified atom stereocenters. The monoisotopic (exact) mass is 406 g/mol. The van der Waals surface area contributed by atoms with E-state index in [9.17, 15) is 0 Å². The number of hydrogen-bond donors (Lipinski definition) is 0. The molecular weight excluding hydrogens is 384 g/mol. The average Bonchev–Trinajstić information content (AvgIpc) is 3.38. The Morgan fingerprint density at radius 1 is 1.10 bits per heavy atom. The van der Waals surface area contributed by atoms with Crippen LogP contribution in [0.2, 0.25) is 0 Å². The molecule has 148 valence electrons. The molecule has 8 heteroatoms. The Hall–Kier alpha value is -3.00. The van der Waals surface area contributed by atoms with Gasteiger partial charge in [0, 0.05) is 30.1 Å². The van der Waals surface area contributed by atoms with Gasteiger partial charge >= 0.3 is 0 Å². The summed E-state index contributed by atoms with van der Waals surface area (Å²) in [5, 5.41) is 13.7. The Labute approximate surface area is 173 Å². The lowest BCUT2D eigenvalue weighted by Gasteiger charge is -2.10. The molecule has 29 heavy (non-hydrogen) atoms. The molecule has 3 aromatic heterocycles. The van der Waals surface area contributed by atoms with Gasteiger partial charge in [0.2, 0.25) is 5.89 Å². The smallest absolute Gasteiger partial charge is 0.237 e.